The van der Waals surface area contributed by atoms with E-state index in [0.717, 1.165) is 35.8 Å². The SMILES string of the molecule is CCCC1CCN(c2ccc(CN)cc2C#N)C1. The van der Waals surface area contributed by atoms with Crippen LogP contribution >= 0.6 is 0 Å². The third-order valence-electron chi connectivity index (χ3n) is 3.74. The summed E-state index contributed by atoms with van der Waals surface area (Å²) in [7, 11) is 0. The van der Waals surface area contributed by atoms with Gasteiger partial charge in [0, 0.05) is 19.6 Å². The zero-order valence-electron chi connectivity index (χ0n) is 11.0. The standard InChI is InChI=1S/C15H21N3/c1-2-3-12-6-7-18(11-12)15-5-4-13(9-16)8-14(15)10-17/h4-5,8,12H,2-3,6-7,9,11,16H2,1H3. The molecule has 1 saturated heterocycles. The van der Waals surface area contributed by atoms with Gasteiger partial charge in [0.25, 0.3) is 0 Å². The zero-order chi connectivity index (χ0) is 13.0. The van der Waals surface area contributed by atoms with Gasteiger partial charge in [0.15, 0.2) is 0 Å². The van der Waals surface area contributed by atoms with E-state index in [1.54, 1.807) is 0 Å². The number of benzene rings is 1. The van der Waals surface area contributed by atoms with Gasteiger partial charge in [0.2, 0.25) is 0 Å². The summed E-state index contributed by atoms with van der Waals surface area (Å²) in [6.45, 7) is 4.89. The summed E-state index contributed by atoms with van der Waals surface area (Å²) >= 11 is 0. The lowest BCUT2D eigenvalue weighted by Crippen LogP contribution is -2.20. The molecule has 3 nitrogen and oxygen atoms in total. The van der Waals surface area contributed by atoms with Gasteiger partial charge in [-0.15, -0.1) is 0 Å². The molecule has 0 aliphatic carbocycles. The van der Waals surface area contributed by atoms with E-state index in [0.29, 0.717) is 6.54 Å². The van der Waals surface area contributed by atoms with E-state index in [9.17, 15) is 5.26 Å². The summed E-state index contributed by atoms with van der Waals surface area (Å²) in [5, 5.41) is 9.25. The number of nitrogens with two attached hydrogens (primary N) is 1. The Labute approximate surface area is 109 Å². The summed E-state index contributed by atoms with van der Waals surface area (Å²) in [5.74, 6) is 0.788. The summed E-state index contributed by atoms with van der Waals surface area (Å²) in [6.07, 6.45) is 3.78. The zero-order valence-corrected chi connectivity index (χ0v) is 11.0. The lowest BCUT2D eigenvalue weighted by molar-refractivity contribution is 0.530. The van der Waals surface area contributed by atoms with Crippen molar-refractivity contribution in [2.24, 2.45) is 11.7 Å². The number of hydrogen-bond acceptors (Lipinski definition) is 3. The summed E-state index contributed by atoms with van der Waals surface area (Å²) < 4.78 is 0. The highest BCUT2D eigenvalue weighted by atomic mass is 15.2. The molecule has 3 heteroatoms. The van der Waals surface area contributed by atoms with Crippen molar-refractivity contribution in [1.82, 2.24) is 0 Å². The third-order valence-corrected chi connectivity index (χ3v) is 3.74. The van der Waals surface area contributed by atoms with Gasteiger partial charge < -0.3 is 10.6 Å². The van der Waals surface area contributed by atoms with Crippen molar-refractivity contribution in [2.45, 2.75) is 32.7 Å². The van der Waals surface area contributed by atoms with Crippen molar-refractivity contribution in [3.05, 3.63) is 29.3 Å². The van der Waals surface area contributed by atoms with E-state index in [1.807, 2.05) is 12.1 Å². The average Bonchev–Trinajstić information content (AvgIpc) is 2.87. The summed E-state index contributed by atoms with van der Waals surface area (Å²) in [4.78, 5) is 2.35. The van der Waals surface area contributed by atoms with Crippen LogP contribution in [-0.4, -0.2) is 13.1 Å². The van der Waals surface area contributed by atoms with Crippen LogP contribution in [0.15, 0.2) is 18.2 Å². The maximum absolute atomic E-state index is 9.25. The Balaban J connectivity index is 2.17. The Hall–Kier alpha value is -1.53. The molecule has 18 heavy (non-hydrogen) atoms. The highest BCUT2D eigenvalue weighted by Gasteiger charge is 2.23. The molecular weight excluding hydrogens is 222 g/mol. The molecule has 2 rings (SSSR count). The number of anilines is 1. The van der Waals surface area contributed by atoms with Crippen LogP contribution in [0.3, 0.4) is 0 Å². The van der Waals surface area contributed by atoms with E-state index in [-0.39, 0.29) is 0 Å². The lowest BCUT2D eigenvalue weighted by atomic mass is 10.0. The minimum Gasteiger partial charge on any atom is -0.370 e. The molecule has 0 spiro atoms. The molecule has 0 saturated carbocycles. The smallest absolute Gasteiger partial charge is 0.101 e. The predicted molar refractivity (Wildman–Crippen MR) is 74.3 cm³/mol. The fourth-order valence-corrected chi connectivity index (χ4v) is 2.77. The maximum Gasteiger partial charge on any atom is 0.101 e. The molecule has 1 fully saturated rings. The van der Waals surface area contributed by atoms with Gasteiger partial charge >= 0.3 is 0 Å². The van der Waals surface area contributed by atoms with Crippen molar-refractivity contribution < 1.29 is 0 Å². The highest BCUT2D eigenvalue weighted by Crippen LogP contribution is 2.29. The second-order valence-corrected chi connectivity index (χ2v) is 5.06. The first-order chi connectivity index (χ1) is 8.78. The lowest BCUT2D eigenvalue weighted by Gasteiger charge is -2.20. The minimum atomic E-state index is 0.493. The summed E-state index contributed by atoms with van der Waals surface area (Å²) in [6, 6.07) is 8.30. The fourth-order valence-electron chi connectivity index (χ4n) is 2.77. The number of nitriles is 1. The molecule has 1 unspecified atom stereocenters. The molecule has 1 aliphatic heterocycles. The Morgan fingerprint density at radius 3 is 3.00 bits per heavy atom. The molecular formula is C15H21N3. The van der Waals surface area contributed by atoms with Crippen LogP contribution in [0.1, 0.15) is 37.3 Å². The van der Waals surface area contributed by atoms with Crippen LogP contribution in [0.2, 0.25) is 0 Å². The molecule has 0 bridgehead atoms. The molecule has 0 radical (unpaired) electrons. The maximum atomic E-state index is 9.25. The van der Waals surface area contributed by atoms with Gasteiger partial charge in [0.1, 0.15) is 6.07 Å². The van der Waals surface area contributed by atoms with E-state index >= 15 is 0 Å². The van der Waals surface area contributed by atoms with Crippen LogP contribution in [0.5, 0.6) is 0 Å². The van der Waals surface area contributed by atoms with Gasteiger partial charge in [-0.25, -0.2) is 0 Å². The highest BCUT2D eigenvalue weighted by molar-refractivity contribution is 5.61. The topological polar surface area (TPSA) is 53.0 Å². The average molecular weight is 243 g/mol. The Kier molecular flexibility index (Phi) is 4.22. The van der Waals surface area contributed by atoms with E-state index < -0.39 is 0 Å². The van der Waals surface area contributed by atoms with Crippen LogP contribution in [-0.2, 0) is 6.54 Å². The normalized spacial score (nSPS) is 18.9. The van der Waals surface area contributed by atoms with E-state index in [4.69, 9.17) is 5.73 Å². The molecule has 1 heterocycles. The third kappa shape index (κ3) is 2.65. The number of hydrogen-bond donors (Lipinski definition) is 1. The molecule has 0 amide bonds. The molecule has 2 N–H and O–H groups in total. The van der Waals surface area contributed by atoms with Gasteiger partial charge in [-0.2, -0.15) is 5.26 Å². The molecule has 0 aromatic heterocycles. The number of rotatable bonds is 4. The number of nitrogens with zero attached hydrogens (tertiary/aromatic N) is 2. The Morgan fingerprint density at radius 2 is 2.33 bits per heavy atom. The molecule has 1 aromatic carbocycles. The van der Waals surface area contributed by atoms with Gasteiger partial charge in [-0.3, -0.25) is 0 Å². The largest absolute Gasteiger partial charge is 0.370 e. The first kappa shape index (κ1) is 12.9. The van der Waals surface area contributed by atoms with Crippen molar-refractivity contribution in [1.29, 1.82) is 5.26 Å². The minimum absolute atomic E-state index is 0.493. The molecule has 1 atom stereocenters. The van der Waals surface area contributed by atoms with Crippen LogP contribution in [0.25, 0.3) is 0 Å². The van der Waals surface area contributed by atoms with Crippen molar-refractivity contribution in [3.63, 3.8) is 0 Å². The van der Waals surface area contributed by atoms with Crippen LogP contribution in [0, 0.1) is 17.2 Å². The fraction of sp³-hybridized carbons (Fsp3) is 0.533. The second kappa shape index (κ2) is 5.88. The van der Waals surface area contributed by atoms with Gasteiger partial charge in [-0.1, -0.05) is 19.4 Å². The van der Waals surface area contributed by atoms with Crippen molar-refractivity contribution >= 4 is 5.69 Å². The predicted octanol–water partition coefficient (Wildman–Crippen LogP) is 2.64. The quantitative estimate of drug-likeness (QED) is 0.884. The van der Waals surface area contributed by atoms with E-state index in [1.165, 1.54) is 19.3 Å². The second-order valence-electron chi connectivity index (χ2n) is 5.06. The molecule has 1 aliphatic rings. The molecule has 1 aromatic rings. The van der Waals surface area contributed by atoms with E-state index in [2.05, 4.69) is 24.0 Å². The van der Waals surface area contributed by atoms with Crippen LogP contribution < -0.4 is 10.6 Å². The van der Waals surface area contributed by atoms with Crippen molar-refractivity contribution in [3.8, 4) is 6.07 Å². The molecule has 96 valence electrons. The first-order valence-electron chi connectivity index (χ1n) is 6.76. The Morgan fingerprint density at radius 1 is 1.50 bits per heavy atom. The monoisotopic (exact) mass is 243 g/mol. The first-order valence-corrected chi connectivity index (χ1v) is 6.76. The summed E-state index contributed by atoms with van der Waals surface area (Å²) in [5.41, 5.74) is 8.48. The van der Waals surface area contributed by atoms with Crippen LogP contribution in [0.4, 0.5) is 5.69 Å². The Bertz CT molecular complexity index is 448. The van der Waals surface area contributed by atoms with Gasteiger partial charge in [0.05, 0.1) is 11.3 Å². The van der Waals surface area contributed by atoms with Crippen molar-refractivity contribution in [2.75, 3.05) is 18.0 Å². The van der Waals surface area contributed by atoms with Gasteiger partial charge in [-0.05, 0) is 36.5 Å².